The first-order chi connectivity index (χ1) is 15.7. The average molecular weight is 465 g/mol. The zero-order valence-electron chi connectivity index (χ0n) is 20.5. The summed E-state index contributed by atoms with van der Waals surface area (Å²) in [4.78, 5) is 27.2. The van der Waals surface area contributed by atoms with Crippen LogP contribution in [-0.4, -0.2) is 46.7 Å². The Labute approximate surface area is 197 Å². The van der Waals surface area contributed by atoms with Crippen LogP contribution in [0.2, 0.25) is 0 Å². The fraction of sp³-hybridized carbons (Fsp3) is 0.692. The standard InChI is InChI=1S/C26H41FN2O4/c1-4-6-7-8-9-15-25(32,14-5-2)16-17-26(18-19-29(3)23(26)30)28-24(31)33-20-21-10-12-22(27)13-11-21/h10-13,32H,4-9,14-20H2,1-3H3,(H,28,31)/t25?,26-/m0/s1. The van der Waals surface area contributed by atoms with Crippen LogP contribution in [0.4, 0.5) is 9.18 Å². The summed E-state index contributed by atoms with van der Waals surface area (Å²) in [5.41, 5.74) is -1.25. The van der Waals surface area contributed by atoms with E-state index in [4.69, 9.17) is 4.74 Å². The Hall–Kier alpha value is -2.15. The Morgan fingerprint density at radius 3 is 2.42 bits per heavy atom. The summed E-state index contributed by atoms with van der Waals surface area (Å²) in [7, 11) is 1.72. The molecule has 1 aromatic carbocycles. The number of unbranched alkanes of at least 4 members (excludes halogenated alkanes) is 4. The van der Waals surface area contributed by atoms with E-state index in [9.17, 15) is 19.1 Å². The van der Waals surface area contributed by atoms with Crippen molar-refractivity contribution < 1.29 is 23.8 Å². The Bertz CT molecular complexity index is 757. The maximum Gasteiger partial charge on any atom is 0.408 e. The number of hydrogen-bond acceptors (Lipinski definition) is 4. The molecule has 2 atom stereocenters. The first kappa shape index (κ1) is 27.1. The van der Waals surface area contributed by atoms with E-state index in [1.54, 1.807) is 24.1 Å². The highest BCUT2D eigenvalue weighted by atomic mass is 19.1. The minimum absolute atomic E-state index is 0.0102. The topological polar surface area (TPSA) is 78.9 Å². The number of rotatable bonds is 14. The van der Waals surface area contributed by atoms with Gasteiger partial charge in [-0.2, -0.15) is 0 Å². The molecule has 2 N–H and O–H groups in total. The van der Waals surface area contributed by atoms with Gasteiger partial charge in [0.1, 0.15) is 18.0 Å². The van der Waals surface area contributed by atoms with Gasteiger partial charge in [-0.15, -0.1) is 0 Å². The number of alkyl carbamates (subject to hydrolysis) is 1. The van der Waals surface area contributed by atoms with Crippen molar-refractivity contribution in [2.45, 2.75) is 102 Å². The smallest absolute Gasteiger partial charge is 0.408 e. The van der Waals surface area contributed by atoms with Crippen molar-refractivity contribution >= 4 is 12.0 Å². The lowest BCUT2D eigenvalue weighted by molar-refractivity contribution is -0.132. The summed E-state index contributed by atoms with van der Waals surface area (Å²) in [5, 5.41) is 14.1. The molecule has 0 radical (unpaired) electrons. The van der Waals surface area contributed by atoms with Gasteiger partial charge in [0.2, 0.25) is 5.91 Å². The van der Waals surface area contributed by atoms with Crippen molar-refractivity contribution in [1.29, 1.82) is 0 Å². The fourth-order valence-corrected chi connectivity index (χ4v) is 4.65. The number of likely N-dealkylation sites (N-methyl/N-ethyl adjacent to an activating group) is 1. The van der Waals surface area contributed by atoms with Crippen LogP contribution in [0.5, 0.6) is 0 Å². The van der Waals surface area contributed by atoms with Gasteiger partial charge in [-0.3, -0.25) is 4.79 Å². The number of carbonyl (C=O) groups excluding carboxylic acids is 2. The summed E-state index contributed by atoms with van der Waals surface area (Å²) in [6.07, 6.45) is 8.49. The van der Waals surface area contributed by atoms with Crippen LogP contribution in [0.15, 0.2) is 24.3 Å². The number of ether oxygens (including phenoxy) is 1. The summed E-state index contributed by atoms with van der Waals surface area (Å²) in [6, 6.07) is 5.73. The van der Waals surface area contributed by atoms with Gasteiger partial charge in [0.15, 0.2) is 0 Å². The molecular formula is C26H41FN2O4. The van der Waals surface area contributed by atoms with E-state index in [0.717, 1.165) is 19.3 Å². The maximum atomic E-state index is 13.1. The van der Waals surface area contributed by atoms with E-state index in [0.29, 0.717) is 44.2 Å². The molecule has 2 amide bonds. The Morgan fingerprint density at radius 2 is 1.82 bits per heavy atom. The van der Waals surface area contributed by atoms with Crippen LogP contribution in [0.1, 0.15) is 90.0 Å². The second-order valence-corrected chi connectivity index (χ2v) is 9.52. The number of hydrogen-bond donors (Lipinski definition) is 2. The quantitative estimate of drug-likeness (QED) is 0.365. The molecule has 1 aliphatic rings. The third-order valence-electron chi connectivity index (χ3n) is 6.73. The number of likely N-dealkylation sites (tertiary alicyclic amines) is 1. The second kappa shape index (κ2) is 12.9. The predicted octanol–water partition coefficient (Wildman–Crippen LogP) is 5.32. The first-order valence-electron chi connectivity index (χ1n) is 12.4. The number of amides is 2. The molecule has 2 rings (SSSR count). The zero-order valence-corrected chi connectivity index (χ0v) is 20.5. The normalized spacial score (nSPS) is 20.0. The van der Waals surface area contributed by atoms with Crippen LogP contribution >= 0.6 is 0 Å². The van der Waals surface area contributed by atoms with Gasteiger partial charge in [-0.25, -0.2) is 9.18 Å². The number of nitrogens with one attached hydrogen (secondary N) is 1. The van der Waals surface area contributed by atoms with Gasteiger partial charge >= 0.3 is 6.09 Å². The molecule has 0 spiro atoms. The minimum atomic E-state index is -1.07. The molecule has 1 aliphatic heterocycles. The lowest BCUT2D eigenvalue weighted by Crippen LogP contribution is -2.54. The van der Waals surface area contributed by atoms with Crippen molar-refractivity contribution in [3.8, 4) is 0 Å². The molecule has 33 heavy (non-hydrogen) atoms. The van der Waals surface area contributed by atoms with E-state index in [-0.39, 0.29) is 18.3 Å². The number of carbonyl (C=O) groups is 2. The van der Waals surface area contributed by atoms with Crippen molar-refractivity contribution in [2.24, 2.45) is 0 Å². The molecular weight excluding hydrogens is 423 g/mol. The molecule has 6 nitrogen and oxygen atoms in total. The summed E-state index contributed by atoms with van der Waals surface area (Å²) in [6.45, 7) is 4.77. The highest BCUT2D eigenvalue weighted by molar-refractivity contribution is 5.91. The third-order valence-corrected chi connectivity index (χ3v) is 6.73. The van der Waals surface area contributed by atoms with Crippen molar-refractivity contribution in [3.05, 3.63) is 35.6 Å². The number of nitrogens with zero attached hydrogens (tertiary/aromatic N) is 1. The highest BCUT2D eigenvalue weighted by Gasteiger charge is 2.48. The van der Waals surface area contributed by atoms with Gasteiger partial charge in [0.25, 0.3) is 0 Å². The maximum absolute atomic E-state index is 13.1. The van der Waals surface area contributed by atoms with E-state index in [2.05, 4.69) is 19.2 Å². The van der Waals surface area contributed by atoms with Gasteiger partial charge in [0, 0.05) is 13.6 Å². The zero-order chi connectivity index (χ0) is 24.3. The van der Waals surface area contributed by atoms with Crippen molar-refractivity contribution in [2.75, 3.05) is 13.6 Å². The monoisotopic (exact) mass is 464 g/mol. The van der Waals surface area contributed by atoms with E-state index in [1.165, 1.54) is 31.4 Å². The Balaban J connectivity index is 1.99. The Kier molecular flexibility index (Phi) is 10.6. The predicted molar refractivity (Wildman–Crippen MR) is 127 cm³/mol. The molecule has 0 bridgehead atoms. The summed E-state index contributed by atoms with van der Waals surface area (Å²) in [5.74, 6) is -0.505. The molecule has 1 aromatic rings. The second-order valence-electron chi connectivity index (χ2n) is 9.52. The lowest BCUT2D eigenvalue weighted by Gasteiger charge is -2.34. The van der Waals surface area contributed by atoms with Gasteiger partial charge in [-0.05, 0) is 49.8 Å². The average Bonchev–Trinajstić information content (AvgIpc) is 3.06. The van der Waals surface area contributed by atoms with Crippen LogP contribution in [0.3, 0.4) is 0 Å². The van der Waals surface area contributed by atoms with Crippen molar-refractivity contribution in [3.63, 3.8) is 0 Å². The fourth-order valence-electron chi connectivity index (χ4n) is 4.65. The molecule has 1 fully saturated rings. The van der Waals surface area contributed by atoms with Gasteiger partial charge in [-0.1, -0.05) is 64.5 Å². The van der Waals surface area contributed by atoms with E-state index in [1.807, 2.05) is 0 Å². The van der Waals surface area contributed by atoms with Crippen LogP contribution < -0.4 is 5.32 Å². The molecule has 1 saturated heterocycles. The molecule has 186 valence electrons. The van der Waals surface area contributed by atoms with E-state index < -0.39 is 17.2 Å². The molecule has 0 saturated carbocycles. The molecule has 7 heteroatoms. The first-order valence-corrected chi connectivity index (χ1v) is 12.4. The lowest BCUT2D eigenvalue weighted by atomic mass is 9.81. The summed E-state index contributed by atoms with van der Waals surface area (Å²) < 4.78 is 18.4. The Morgan fingerprint density at radius 1 is 1.12 bits per heavy atom. The molecule has 1 unspecified atom stereocenters. The SMILES string of the molecule is CCCCCCCC(O)(CCC)CC[C@]1(NC(=O)OCc2ccc(F)cc2)CCN(C)C1=O. The van der Waals surface area contributed by atoms with E-state index >= 15 is 0 Å². The molecule has 1 heterocycles. The van der Waals surface area contributed by atoms with Crippen LogP contribution in [0.25, 0.3) is 0 Å². The largest absolute Gasteiger partial charge is 0.445 e. The highest BCUT2D eigenvalue weighted by Crippen LogP contribution is 2.34. The molecule has 0 aromatic heterocycles. The minimum Gasteiger partial charge on any atom is -0.445 e. The summed E-state index contributed by atoms with van der Waals surface area (Å²) >= 11 is 0. The van der Waals surface area contributed by atoms with Crippen LogP contribution in [-0.2, 0) is 16.1 Å². The van der Waals surface area contributed by atoms with Crippen LogP contribution in [0, 0.1) is 5.82 Å². The van der Waals surface area contributed by atoms with Gasteiger partial charge < -0.3 is 20.1 Å². The number of benzene rings is 1. The third kappa shape index (κ3) is 8.29. The van der Waals surface area contributed by atoms with Gasteiger partial charge in [0.05, 0.1) is 5.60 Å². The number of halogens is 1. The molecule has 0 aliphatic carbocycles. The number of aliphatic hydroxyl groups is 1. The van der Waals surface area contributed by atoms with Crippen molar-refractivity contribution in [1.82, 2.24) is 10.2 Å².